The molecule has 0 atom stereocenters. The number of hydrogen-bond donors (Lipinski definition) is 1. The second-order valence-electron chi connectivity index (χ2n) is 2.57. The third-order valence-electron chi connectivity index (χ3n) is 1.64. The molecule has 0 bridgehead atoms. The molecule has 0 fully saturated rings. The predicted octanol–water partition coefficient (Wildman–Crippen LogP) is 0.850. The molecule has 8 heteroatoms. The molecule has 82 valence electrons. The lowest BCUT2D eigenvalue weighted by atomic mass is 10.3. The zero-order chi connectivity index (χ0) is 11.6. The molecule has 0 radical (unpaired) electrons. The smallest absolute Gasteiger partial charge is 0.298 e. The Morgan fingerprint density at radius 1 is 1.47 bits per heavy atom. The zero-order valence-corrected chi connectivity index (χ0v) is 8.39. The molecule has 1 aromatic rings. The molecule has 0 saturated carbocycles. The van der Waals surface area contributed by atoms with E-state index in [2.05, 4.69) is 4.74 Å². The highest BCUT2D eigenvalue weighted by molar-refractivity contribution is 7.86. The first kappa shape index (κ1) is 11.4. The average Bonchev–Trinajstić information content (AvgIpc) is 2.15. The van der Waals surface area contributed by atoms with Gasteiger partial charge in [-0.15, -0.1) is 0 Å². The lowest BCUT2D eigenvalue weighted by Crippen LogP contribution is -2.02. The molecule has 0 aliphatic rings. The highest BCUT2D eigenvalue weighted by Crippen LogP contribution is 2.27. The summed E-state index contributed by atoms with van der Waals surface area (Å²) in [5.41, 5.74) is -0.441. The quantitative estimate of drug-likeness (QED) is 0.471. The summed E-state index contributed by atoms with van der Waals surface area (Å²) in [6.07, 6.45) is 0. The fourth-order valence-corrected chi connectivity index (χ4v) is 1.66. The maximum absolute atomic E-state index is 10.8. The van der Waals surface area contributed by atoms with Crippen LogP contribution in [0.3, 0.4) is 0 Å². The summed E-state index contributed by atoms with van der Waals surface area (Å²) < 4.78 is 35.1. The van der Waals surface area contributed by atoms with Gasteiger partial charge in [-0.05, 0) is 6.07 Å². The van der Waals surface area contributed by atoms with Crippen molar-refractivity contribution in [3.8, 4) is 5.75 Å². The maximum Gasteiger partial charge on any atom is 0.298 e. The molecule has 0 saturated heterocycles. The Morgan fingerprint density at radius 3 is 2.47 bits per heavy atom. The number of ether oxygens (including phenoxy) is 1. The van der Waals surface area contributed by atoms with Gasteiger partial charge in [0.2, 0.25) is 0 Å². The van der Waals surface area contributed by atoms with Crippen LogP contribution in [-0.4, -0.2) is 25.0 Å². The van der Waals surface area contributed by atoms with Crippen molar-refractivity contribution >= 4 is 15.8 Å². The van der Waals surface area contributed by atoms with Gasteiger partial charge in [-0.25, -0.2) is 0 Å². The van der Waals surface area contributed by atoms with E-state index in [9.17, 15) is 18.5 Å². The van der Waals surface area contributed by atoms with Crippen molar-refractivity contribution in [2.24, 2.45) is 0 Å². The summed E-state index contributed by atoms with van der Waals surface area (Å²) in [4.78, 5) is 8.97. The van der Waals surface area contributed by atoms with Gasteiger partial charge in [0.1, 0.15) is 10.6 Å². The largest absolute Gasteiger partial charge is 0.495 e. The third kappa shape index (κ3) is 2.42. The van der Waals surface area contributed by atoms with Gasteiger partial charge >= 0.3 is 0 Å². The minimum Gasteiger partial charge on any atom is -0.495 e. The van der Waals surface area contributed by atoms with Crippen LogP contribution in [0.15, 0.2) is 23.1 Å². The molecule has 7 nitrogen and oxygen atoms in total. The summed E-state index contributed by atoms with van der Waals surface area (Å²) in [5.74, 6) is -0.150. The Labute approximate surface area is 85.2 Å². The average molecular weight is 233 g/mol. The fourth-order valence-electron chi connectivity index (χ4n) is 0.981. The standard InChI is InChI=1S/C7H7NO6S/c1-14-6-3-2-5(8(9)10)4-7(6)15(11,12)13/h2-4H,1H3,(H,11,12,13). The monoisotopic (exact) mass is 233 g/mol. The number of benzene rings is 1. The second kappa shape index (κ2) is 3.83. The Hall–Kier alpha value is -1.67. The van der Waals surface area contributed by atoms with Crippen molar-refractivity contribution in [3.63, 3.8) is 0 Å². The highest BCUT2D eigenvalue weighted by Gasteiger charge is 2.20. The van der Waals surface area contributed by atoms with Crippen molar-refractivity contribution in [3.05, 3.63) is 28.3 Å². The third-order valence-corrected chi connectivity index (χ3v) is 2.51. The van der Waals surface area contributed by atoms with E-state index >= 15 is 0 Å². The summed E-state index contributed by atoms with van der Waals surface area (Å²) in [7, 11) is -3.34. The van der Waals surface area contributed by atoms with Crippen LogP contribution in [0.4, 0.5) is 5.69 Å². The van der Waals surface area contributed by atoms with Gasteiger partial charge < -0.3 is 4.74 Å². The van der Waals surface area contributed by atoms with E-state index in [1.807, 2.05) is 0 Å². The minimum atomic E-state index is -4.53. The van der Waals surface area contributed by atoms with Gasteiger partial charge in [-0.3, -0.25) is 14.7 Å². The van der Waals surface area contributed by atoms with Crippen LogP contribution in [0.2, 0.25) is 0 Å². The molecule has 1 aromatic carbocycles. The van der Waals surface area contributed by atoms with Crippen LogP contribution < -0.4 is 4.74 Å². The van der Waals surface area contributed by atoms with E-state index in [0.29, 0.717) is 0 Å². The van der Waals surface area contributed by atoms with Gasteiger partial charge in [-0.1, -0.05) is 0 Å². The van der Waals surface area contributed by atoms with Crippen LogP contribution in [0, 0.1) is 10.1 Å². The van der Waals surface area contributed by atoms with Gasteiger partial charge in [0.15, 0.2) is 0 Å². The Bertz CT molecular complexity index is 494. The van der Waals surface area contributed by atoms with Crippen LogP contribution >= 0.6 is 0 Å². The Balaban J connectivity index is 3.46. The molecule has 0 aliphatic heterocycles. The predicted molar refractivity (Wildman–Crippen MR) is 49.5 cm³/mol. The molecule has 15 heavy (non-hydrogen) atoms. The zero-order valence-electron chi connectivity index (χ0n) is 7.58. The lowest BCUT2D eigenvalue weighted by molar-refractivity contribution is -0.385. The van der Waals surface area contributed by atoms with Crippen molar-refractivity contribution in [2.75, 3.05) is 7.11 Å². The number of nitro groups is 1. The molecule has 1 N–H and O–H groups in total. The van der Waals surface area contributed by atoms with Crippen LogP contribution in [0.5, 0.6) is 5.75 Å². The molecule has 0 amide bonds. The van der Waals surface area contributed by atoms with Gasteiger partial charge in [0.25, 0.3) is 15.8 Å². The first-order valence-corrected chi connectivity index (χ1v) is 5.10. The number of nitro benzene ring substituents is 1. The molecule has 0 aromatic heterocycles. The molecule has 1 rings (SSSR count). The maximum atomic E-state index is 10.8. The molecule has 0 aliphatic carbocycles. The first-order chi connectivity index (χ1) is 6.86. The summed E-state index contributed by atoms with van der Waals surface area (Å²) in [6, 6.07) is 2.91. The summed E-state index contributed by atoms with van der Waals surface area (Å²) in [5, 5.41) is 10.4. The van der Waals surface area contributed by atoms with Gasteiger partial charge in [0.05, 0.1) is 12.0 Å². The van der Waals surface area contributed by atoms with E-state index in [-0.39, 0.29) is 5.75 Å². The number of nitrogens with zero attached hydrogens (tertiary/aromatic N) is 1. The van der Waals surface area contributed by atoms with Crippen LogP contribution in [-0.2, 0) is 10.1 Å². The van der Waals surface area contributed by atoms with Crippen molar-refractivity contribution in [1.29, 1.82) is 0 Å². The van der Waals surface area contributed by atoms with Crippen LogP contribution in [0.25, 0.3) is 0 Å². The number of non-ortho nitro benzene ring substituents is 1. The first-order valence-electron chi connectivity index (χ1n) is 3.66. The number of rotatable bonds is 3. The molecule has 0 spiro atoms. The van der Waals surface area contributed by atoms with Gasteiger partial charge in [-0.2, -0.15) is 8.42 Å². The van der Waals surface area contributed by atoms with Gasteiger partial charge in [0, 0.05) is 12.1 Å². The lowest BCUT2D eigenvalue weighted by Gasteiger charge is -2.04. The molecular formula is C7H7NO6S. The summed E-state index contributed by atoms with van der Waals surface area (Å²) in [6.45, 7) is 0. The highest BCUT2D eigenvalue weighted by atomic mass is 32.2. The van der Waals surface area contributed by atoms with E-state index in [1.54, 1.807) is 0 Å². The number of hydrogen-bond acceptors (Lipinski definition) is 5. The van der Waals surface area contributed by atoms with Crippen LogP contribution in [0.1, 0.15) is 0 Å². The molecular weight excluding hydrogens is 226 g/mol. The fraction of sp³-hybridized carbons (Fsp3) is 0.143. The summed E-state index contributed by atoms with van der Waals surface area (Å²) >= 11 is 0. The van der Waals surface area contributed by atoms with E-state index in [1.165, 1.54) is 7.11 Å². The van der Waals surface area contributed by atoms with Crippen molar-refractivity contribution in [2.45, 2.75) is 4.90 Å². The minimum absolute atomic E-state index is 0.150. The van der Waals surface area contributed by atoms with E-state index in [4.69, 9.17) is 4.55 Å². The molecule has 0 unspecified atom stereocenters. The SMILES string of the molecule is COc1ccc([N+](=O)[O-])cc1S(=O)(=O)O. The Morgan fingerprint density at radius 2 is 2.07 bits per heavy atom. The Kier molecular flexibility index (Phi) is 2.91. The topological polar surface area (TPSA) is 107 Å². The van der Waals surface area contributed by atoms with E-state index in [0.717, 1.165) is 18.2 Å². The normalized spacial score (nSPS) is 11.1. The van der Waals surface area contributed by atoms with E-state index < -0.39 is 25.6 Å². The number of methoxy groups -OCH3 is 1. The van der Waals surface area contributed by atoms with Crippen molar-refractivity contribution in [1.82, 2.24) is 0 Å². The second-order valence-corrected chi connectivity index (χ2v) is 3.96. The molecule has 0 heterocycles. The van der Waals surface area contributed by atoms with Crippen molar-refractivity contribution < 1.29 is 22.6 Å².